The maximum atomic E-state index is 13.5. The average Bonchev–Trinajstić information content (AvgIpc) is 2.98. The van der Waals surface area contributed by atoms with Gasteiger partial charge in [0.1, 0.15) is 11.8 Å². The lowest BCUT2D eigenvalue weighted by Crippen LogP contribution is -2.54. The van der Waals surface area contributed by atoms with E-state index in [0.717, 1.165) is 30.5 Å². The van der Waals surface area contributed by atoms with Gasteiger partial charge in [-0.05, 0) is 79.0 Å². The van der Waals surface area contributed by atoms with Crippen molar-refractivity contribution < 1.29 is 34.1 Å². The number of carboxylic acid groups (broad SMARTS) is 1. The van der Waals surface area contributed by atoms with Crippen LogP contribution in [0.3, 0.4) is 0 Å². The van der Waals surface area contributed by atoms with Crippen molar-refractivity contribution in [1.82, 2.24) is 15.5 Å². The monoisotopic (exact) mass is 576 g/mol. The predicted molar refractivity (Wildman–Crippen MR) is 157 cm³/mol. The van der Waals surface area contributed by atoms with Gasteiger partial charge in [0.25, 0.3) is 0 Å². The molecule has 0 aromatic heterocycles. The van der Waals surface area contributed by atoms with Crippen LogP contribution >= 0.6 is 0 Å². The highest BCUT2D eigenvalue weighted by molar-refractivity contribution is 5.94. The summed E-state index contributed by atoms with van der Waals surface area (Å²) in [6.07, 6.45) is 1.92. The molecule has 4 rings (SSSR count). The van der Waals surface area contributed by atoms with E-state index < -0.39 is 18.0 Å². The number of hydrogen-bond donors (Lipinski definition) is 5. The maximum Gasteiger partial charge on any atom is 0.335 e. The van der Waals surface area contributed by atoms with E-state index in [1.807, 2.05) is 18.2 Å². The Morgan fingerprint density at radius 1 is 0.952 bits per heavy atom. The summed E-state index contributed by atoms with van der Waals surface area (Å²) in [7, 11) is 3.20. The van der Waals surface area contributed by atoms with Crippen LogP contribution in [0.5, 0.6) is 17.2 Å². The molecule has 0 saturated carbocycles. The van der Waals surface area contributed by atoms with Gasteiger partial charge in [0.15, 0.2) is 11.5 Å². The zero-order valence-corrected chi connectivity index (χ0v) is 23.6. The maximum absolute atomic E-state index is 13.5. The molecular weight excluding hydrogens is 540 g/mol. The zero-order valence-electron chi connectivity index (χ0n) is 23.6. The summed E-state index contributed by atoms with van der Waals surface area (Å²) in [6.45, 7) is 2.22. The molecule has 2 atom stereocenters. The number of hydrogen-bond acceptors (Lipinski definition) is 7. The number of aromatic carboxylic acids is 1. The fourth-order valence-electron chi connectivity index (χ4n) is 4.95. The van der Waals surface area contributed by atoms with Crippen LogP contribution in [0.25, 0.3) is 0 Å². The number of carbonyl (C=O) groups is 3. The van der Waals surface area contributed by atoms with Crippen LogP contribution in [0.15, 0.2) is 66.7 Å². The predicted octanol–water partition coefficient (Wildman–Crippen LogP) is 3.62. The molecule has 3 aromatic rings. The number of carbonyl (C=O) groups excluding carboxylic acids is 2. The van der Waals surface area contributed by atoms with Gasteiger partial charge in [-0.3, -0.25) is 9.69 Å². The largest absolute Gasteiger partial charge is 0.508 e. The second kappa shape index (κ2) is 14.2. The van der Waals surface area contributed by atoms with Crippen molar-refractivity contribution in [1.29, 1.82) is 0 Å². The van der Waals surface area contributed by atoms with Crippen molar-refractivity contribution >= 4 is 23.6 Å². The number of aromatic hydroxyl groups is 1. The minimum atomic E-state index is -1.07. The first kappa shape index (κ1) is 30.2. The Balaban J connectivity index is 1.40. The number of methoxy groups -OCH3 is 2. The van der Waals surface area contributed by atoms with E-state index in [1.54, 1.807) is 26.4 Å². The number of carboxylic acids is 1. The Morgan fingerprint density at radius 2 is 1.64 bits per heavy atom. The number of benzene rings is 3. The van der Waals surface area contributed by atoms with Gasteiger partial charge < -0.3 is 35.6 Å². The third-order valence-electron chi connectivity index (χ3n) is 7.09. The molecule has 0 bridgehead atoms. The lowest BCUT2D eigenvalue weighted by Gasteiger charge is -2.34. The fraction of sp³-hybridized carbons (Fsp3) is 0.323. The lowest BCUT2D eigenvalue weighted by atomic mass is 10.0. The van der Waals surface area contributed by atoms with Crippen LogP contribution in [0, 0.1) is 0 Å². The molecule has 1 unspecified atom stereocenters. The number of amides is 3. The van der Waals surface area contributed by atoms with E-state index >= 15 is 0 Å². The zero-order chi connectivity index (χ0) is 30.1. The highest BCUT2D eigenvalue weighted by Crippen LogP contribution is 2.28. The molecule has 11 heteroatoms. The van der Waals surface area contributed by atoms with E-state index in [9.17, 15) is 19.5 Å². The van der Waals surface area contributed by atoms with Crippen molar-refractivity contribution in [3.8, 4) is 17.2 Å². The van der Waals surface area contributed by atoms with E-state index in [1.165, 1.54) is 36.4 Å². The smallest absolute Gasteiger partial charge is 0.335 e. The van der Waals surface area contributed by atoms with Crippen LogP contribution in [-0.4, -0.2) is 72.4 Å². The van der Waals surface area contributed by atoms with Crippen molar-refractivity contribution in [3.05, 3.63) is 83.4 Å². The SMILES string of the molecule is COc1ccc(CN2CCCC(NC(=O)[C@H](Cc3ccc(O)cc3)NC(=O)Nc3ccc(C(=O)O)cc3)C2)cc1OC. The summed E-state index contributed by atoms with van der Waals surface area (Å²) in [5.74, 6) is 0.0423. The summed E-state index contributed by atoms with van der Waals surface area (Å²) in [4.78, 5) is 39.7. The summed E-state index contributed by atoms with van der Waals surface area (Å²) in [6, 6.07) is 16.4. The standard InChI is InChI=1S/C31H36N4O7/c1-41-27-14-7-21(17-28(27)42-2)18-35-15-3-4-24(19-35)32-29(37)26(16-20-5-12-25(36)13-6-20)34-31(40)33-23-10-8-22(9-11-23)30(38)39/h5-14,17,24,26,36H,3-4,15-16,18-19H2,1-2H3,(H,32,37)(H,38,39)(H2,33,34,40)/t24?,26-/m0/s1. The van der Waals surface area contributed by atoms with Crippen LogP contribution in [-0.2, 0) is 17.8 Å². The highest BCUT2D eigenvalue weighted by Gasteiger charge is 2.27. The Hall–Kier alpha value is -4.77. The number of piperidine rings is 1. The van der Waals surface area contributed by atoms with E-state index in [0.29, 0.717) is 30.3 Å². The first-order valence-electron chi connectivity index (χ1n) is 13.7. The van der Waals surface area contributed by atoms with Crippen molar-refractivity contribution in [2.24, 2.45) is 0 Å². The van der Waals surface area contributed by atoms with Gasteiger partial charge in [-0.2, -0.15) is 0 Å². The number of anilines is 1. The molecule has 3 aromatic carbocycles. The molecule has 1 heterocycles. The Labute approximate surface area is 244 Å². The molecule has 11 nitrogen and oxygen atoms in total. The molecule has 1 fully saturated rings. The van der Waals surface area contributed by atoms with Crippen LogP contribution < -0.4 is 25.4 Å². The second-order valence-corrected chi connectivity index (χ2v) is 10.2. The van der Waals surface area contributed by atoms with Crippen LogP contribution in [0.2, 0.25) is 0 Å². The number of urea groups is 1. The molecule has 0 radical (unpaired) electrons. The highest BCUT2D eigenvalue weighted by atomic mass is 16.5. The van der Waals surface area contributed by atoms with Crippen LogP contribution in [0.1, 0.15) is 34.3 Å². The number of likely N-dealkylation sites (tertiary alicyclic amines) is 1. The topological polar surface area (TPSA) is 149 Å². The minimum Gasteiger partial charge on any atom is -0.508 e. The molecule has 1 aliphatic rings. The molecule has 3 amide bonds. The van der Waals surface area contributed by atoms with Crippen LogP contribution in [0.4, 0.5) is 10.5 Å². The van der Waals surface area contributed by atoms with Gasteiger partial charge in [0.2, 0.25) is 5.91 Å². The first-order chi connectivity index (χ1) is 20.2. The van der Waals surface area contributed by atoms with Gasteiger partial charge in [0.05, 0.1) is 19.8 Å². The van der Waals surface area contributed by atoms with Gasteiger partial charge in [0, 0.05) is 31.2 Å². The second-order valence-electron chi connectivity index (χ2n) is 10.2. The molecule has 0 spiro atoms. The lowest BCUT2D eigenvalue weighted by molar-refractivity contribution is -0.124. The molecular formula is C31H36N4O7. The van der Waals surface area contributed by atoms with Crippen molar-refractivity contribution in [2.75, 3.05) is 32.6 Å². The van der Waals surface area contributed by atoms with Gasteiger partial charge >= 0.3 is 12.0 Å². The van der Waals surface area contributed by atoms with Crippen molar-refractivity contribution in [3.63, 3.8) is 0 Å². The number of nitrogens with one attached hydrogen (secondary N) is 3. The van der Waals surface area contributed by atoms with Gasteiger partial charge in [-0.25, -0.2) is 9.59 Å². The number of nitrogens with zero attached hydrogens (tertiary/aromatic N) is 1. The Morgan fingerprint density at radius 3 is 2.31 bits per heavy atom. The van der Waals surface area contributed by atoms with E-state index in [4.69, 9.17) is 14.6 Å². The Kier molecular flexibility index (Phi) is 10.2. The van der Waals surface area contributed by atoms with E-state index in [2.05, 4.69) is 20.9 Å². The quantitative estimate of drug-likeness (QED) is 0.232. The van der Waals surface area contributed by atoms with Gasteiger partial charge in [-0.15, -0.1) is 0 Å². The first-order valence-corrected chi connectivity index (χ1v) is 13.7. The normalized spacial score (nSPS) is 15.7. The number of phenols is 1. The van der Waals surface area contributed by atoms with Gasteiger partial charge in [-0.1, -0.05) is 18.2 Å². The molecule has 0 aliphatic carbocycles. The third-order valence-corrected chi connectivity index (χ3v) is 7.09. The molecule has 222 valence electrons. The molecule has 1 aliphatic heterocycles. The number of rotatable bonds is 11. The summed E-state index contributed by atoms with van der Waals surface area (Å²) in [5, 5.41) is 27.3. The molecule has 42 heavy (non-hydrogen) atoms. The summed E-state index contributed by atoms with van der Waals surface area (Å²) in [5.41, 5.74) is 2.31. The summed E-state index contributed by atoms with van der Waals surface area (Å²) < 4.78 is 10.8. The average molecular weight is 577 g/mol. The number of phenolic OH excluding ortho intramolecular Hbond substituents is 1. The minimum absolute atomic E-state index is 0.0956. The molecule has 5 N–H and O–H groups in total. The van der Waals surface area contributed by atoms with E-state index in [-0.39, 0.29) is 29.7 Å². The Bertz CT molecular complexity index is 1380. The fourth-order valence-corrected chi connectivity index (χ4v) is 4.95. The molecule has 1 saturated heterocycles. The van der Waals surface area contributed by atoms with Crippen molar-refractivity contribution in [2.45, 2.75) is 37.9 Å². The summed E-state index contributed by atoms with van der Waals surface area (Å²) >= 11 is 0. The third kappa shape index (κ3) is 8.37. The number of ether oxygens (including phenoxy) is 2.